The highest BCUT2D eigenvalue weighted by Crippen LogP contribution is 2.25. The van der Waals surface area contributed by atoms with Gasteiger partial charge in [0, 0.05) is 0 Å². The van der Waals surface area contributed by atoms with Crippen molar-refractivity contribution < 1.29 is 4.42 Å². The van der Waals surface area contributed by atoms with E-state index in [4.69, 9.17) is 16.0 Å². The number of hydrogen-bond donors (Lipinski definition) is 0. The van der Waals surface area contributed by atoms with E-state index >= 15 is 0 Å². The summed E-state index contributed by atoms with van der Waals surface area (Å²) in [5, 5.41) is 0.0601. The van der Waals surface area contributed by atoms with Gasteiger partial charge in [0.2, 0.25) is 0 Å². The van der Waals surface area contributed by atoms with Crippen LogP contribution in [0.2, 0.25) is 0 Å². The normalized spacial score (nSPS) is 13.3. The van der Waals surface area contributed by atoms with E-state index in [-0.39, 0.29) is 5.38 Å². The smallest absolute Gasteiger partial charge is 0.121 e. The van der Waals surface area contributed by atoms with Crippen molar-refractivity contribution in [2.45, 2.75) is 31.6 Å². The molecule has 0 bridgehead atoms. The Morgan fingerprint density at radius 1 is 1.64 bits per heavy atom. The van der Waals surface area contributed by atoms with Gasteiger partial charge >= 0.3 is 0 Å². The minimum absolute atomic E-state index is 0.0601. The fourth-order valence-electron chi connectivity index (χ4n) is 0.995. The standard InChI is InChI=1S/C9H13ClO/c1-2-3-5-8(10)9-6-4-7-11-9/h4,6-8H,2-3,5H2,1H3. The average Bonchev–Trinajstić information content (AvgIpc) is 2.52. The van der Waals surface area contributed by atoms with Crippen molar-refractivity contribution in [2.24, 2.45) is 0 Å². The molecule has 0 spiro atoms. The molecule has 0 N–H and O–H groups in total. The third kappa shape index (κ3) is 2.58. The Balaban J connectivity index is 2.36. The SMILES string of the molecule is CCCCC(Cl)c1ccco1. The average molecular weight is 173 g/mol. The molecule has 0 saturated heterocycles. The summed E-state index contributed by atoms with van der Waals surface area (Å²) in [6.45, 7) is 2.16. The maximum absolute atomic E-state index is 6.03. The van der Waals surface area contributed by atoms with E-state index in [1.807, 2.05) is 12.1 Å². The molecule has 1 aromatic rings. The third-order valence-corrected chi connectivity index (χ3v) is 2.10. The van der Waals surface area contributed by atoms with Gasteiger partial charge in [-0.25, -0.2) is 0 Å². The molecule has 1 rings (SSSR count). The Bertz CT molecular complexity index is 181. The van der Waals surface area contributed by atoms with Crippen LogP contribution in [0.15, 0.2) is 22.8 Å². The van der Waals surface area contributed by atoms with E-state index in [0.29, 0.717) is 0 Å². The third-order valence-electron chi connectivity index (χ3n) is 1.66. The maximum atomic E-state index is 6.03. The van der Waals surface area contributed by atoms with Crippen molar-refractivity contribution in [2.75, 3.05) is 0 Å². The molecular weight excluding hydrogens is 160 g/mol. The summed E-state index contributed by atoms with van der Waals surface area (Å²) in [6.07, 6.45) is 5.01. The highest BCUT2D eigenvalue weighted by Gasteiger charge is 2.08. The molecule has 1 nitrogen and oxygen atoms in total. The first-order chi connectivity index (χ1) is 5.34. The van der Waals surface area contributed by atoms with Crippen molar-refractivity contribution in [1.82, 2.24) is 0 Å². The van der Waals surface area contributed by atoms with Gasteiger partial charge in [-0.1, -0.05) is 19.8 Å². The first-order valence-corrected chi connectivity index (χ1v) is 4.45. The molecule has 11 heavy (non-hydrogen) atoms. The Hall–Kier alpha value is -0.430. The highest BCUT2D eigenvalue weighted by molar-refractivity contribution is 6.20. The fourth-order valence-corrected chi connectivity index (χ4v) is 1.27. The first kappa shape index (κ1) is 8.66. The molecular formula is C9H13ClO. The summed E-state index contributed by atoms with van der Waals surface area (Å²) in [5.74, 6) is 0.889. The van der Waals surface area contributed by atoms with Crippen molar-refractivity contribution >= 4 is 11.6 Å². The molecule has 1 aromatic heterocycles. The second-order valence-electron chi connectivity index (χ2n) is 2.63. The lowest BCUT2D eigenvalue weighted by atomic mass is 10.2. The predicted molar refractivity (Wildman–Crippen MR) is 46.8 cm³/mol. The molecule has 0 saturated carbocycles. The summed E-state index contributed by atoms with van der Waals surface area (Å²) in [5.41, 5.74) is 0. The Morgan fingerprint density at radius 2 is 2.45 bits per heavy atom. The van der Waals surface area contributed by atoms with Gasteiger partial charge in [-0.3, -0.25) is 0 Å². The van der Waals surface area contributed by atoms with Crippen LogP contribution in [0, 0.1) is 0 Å². The first-order valence-electron chi connectivity index (χ1n) is 4.02. The summed E-state index contributed by atoms with van der Waals surface area (Å²) in [6, 6.07) is 3.80. The monoisotopic (exact) mass is 172 g/mol. The van der Waals surface area contributed by atoms with Crippen LogP contribution in [0.25, 0.3) is 0 Å². The predicted octanol–water partition coefficient (Wildman–Crippen LogP) is 3.75. The fraction of sp³-hybridized carbons (Fsp3) is 0.556. The zero-order valence-corrected chi connectivity index (χ0v) is 7.47. The van der Waals surface area contributed by atoms with Gasteiger partial charge in [0.15, 0.2) is 0 Å². The lowest BCUT2D eigenvalue weighted by Gasteiger charge is -2.03. The van der Waals surface area contributed by atoms with Crippen LogP contribution in [0.1, 0.15) is 37.3 Å². The van der Waals surface area contributed by atoms with E-state index in [2.05, 4.69) is 6.92 Å². The molecule has 0 aromatic carbocycles. The molecule has 62 valence electrons. The van der Waals surface area contributed by atoms with Gasteiger partial charge in [0.1, 0.15) is 5.76 Å². The quantitative estimate of drug-likeness (QED) is 0.631. The van der Waals surface area contributed by atoms with Crippen molar-refractivity contribution in [3.63, 3.8) is 0 Å². The summed E-state index contributed by atoms with van der Waals surface area (Å²) >= 11 is 6.03. The Labute approximate surface area is 72.4 Å². The molecule has 0 amide bonds. The van der Waals surface area contributed by atoms with Gasteiger partial charge in [-0.2, -0.15) is 0 Å². The van der Waals surface area contributed by atoms with Crippen LogP contribution >= 0.6 is 11.6 Å². The van der Waals surface area contributed by atoms with Crippen LogP contribution in [0.5, 0.6) is 0 Å². The van der Waals surface area contributed by atoms with Gasteiger partial charge in [-0.15, -0.1) is 11.6 Å². The second kappa shape index (κ2) is 4.45. The topological polar surface area (TPSA) is 13.1 Å². The minimum Gasteiger partial charge on any atom is -0.468 e. The van der Waals surface area contributed by atoms with E-state index in [1.165, 1.54) is 6.42 Å². The van der Waals surface area contributed by atoms with Crippen LogP contribution in [-0.4, -0.2) is 0 Å². The zero-order valence-electron chi connectivity index (χ0n) is 6.72. The summed E-state index contributed by atoms with van der Waals surface area (Å²) in [7, 11) is 0. The molecule has 2 heteroatoms. The van der Waals surface area contributed by atoms with E-state index < -0.39 is 0 Å². The lowest BCUT2D eigenvalue weighted by Crippen LogP contribution is -1.86. The van der Waals surface area contributed by atoms with Gasteiger partial charge < -0.3 is 4.42 Å². The number of furan rings is 1. The maximum Gasteiger partial charge on any atom is 0.121 e. The Kier molecular flexibility index (Phi) is 3.50. The van der Waals surface area contributed by atoms with Crippen LogP contribution in [0.3, 0.4) is 0 Å². The van der Waals surface area contributed by atoms with Crippen LogP contribution < -0.4 is 0 Å². The molecule has 0 aliphatic heterocycles. The van der Waals surface area contributed by atoms with Crippen LogP contribution in [-0.2, 0) is 0 Å². The van der Waals surface area contributed by atoms with Gasteiger partial charge in [0.25, 0.3) is 0 Å². The molecule has 1 atom stereocenters. The van der Waals surface area contributed by atoms with Gasteiger partial charge in [-0.05, 0) is 18.6 Å². The zero-order chi connectivity index (χ0) is 8.10. The van der Waals surface area contributed by atoms with Crippen LogP contribution in [0.4, 0.5) is 0 Å². The lowest BCUT2D eigenvalue weighted by molar-refractivity contribution is 0.489. The van der Waals surface area contributed by atoms with E-state index in [0.717, 1.165) is 18.6 Å². The molecule has 0 aliphatic carbocycles. The Morgan fingerprint density at radius 3 is 3.00 bits per heavy atom. The summed E-state index contributed by atoms with van der Waals surface area (Å²) in [4.78, 5) is 0. The number of hydrogen-bond acceptors (Lipinski definition) is 1. The number of halogens is 1. The van der Waals surface area contributed by atoms with Gasteiger partial charge in [0.05, 0.1) is 11.6 Å². The van der Waals surface area contributed by atoms with E-state index in [1.54, 1.807) is 6.26 Å². The van der Waals surface area contributed by atoms with Crippen molar-refractivity contribution in [3.05, 3.63) is 24.2 Å². The number of alkyl halides is 1. The molecule has 0 radical (unpaired) electrons. The highest BCUT2D eigenvalue weighted by atomic mass is 35.5. The summed E-state index contributed by atoms with van der Waals surface area (Å²) < 4.78 is 5.16. The minimum atomic E-state index is 0.0601. The molecule has 1 heterocycles. The van der Waals surface area contributed by atoms with Crippen molar-refractivity contribution in [3.8, 4) is 0 Å². The molecule has 0 aliphatic rings. The number of unbranched alkanes of at least 4 members (excludes halogenated alkanes) is 1. The number of rotatable bonds is 4. The second-order valence-corrected chi connectivity index (χ2v) is 3.15. The molecule has 1 unspecified atom stereocenters. The van der Waals surface area contributed by atoms with E-state index in [9.17, 15) is 0 Å². The molecule has 0 fully saturated rings. The van der Waals surface area contributed by atoms with Crippen molar-refractivity contribution in [1.29, 1.82) is 0 Å². The largest absolute Gasteiger partial charge is 0.468 e.